The molecule has 0 aliphatic carbocycles. The molecule has 3 fully saturated rings. The van der Waals surface area contributed by atoms with E-state index >= 15 is 0 Å². The van der Waals surface area contributed by atoms with Gasteiger partial charge in [0.15, 0.2) is 0 Å². The van der Waals surface area contributed by atoms with Gasteiger partial charge in [0.2, 0.25) is 0 Å². The molecule has 31 heavy (non-hydrogen) atoms. The highest BCUT2D eigenvalue weighted by atomic mass is 79.9. The summed E-state index contributed by atoms with van der Waals surface area (Å²) in [5.74, 6) is 2.05. The van der Waals surface area contributed by atoms with Crippen molar-refractivity contribution in [1.82, 2.24) is 4.98 Å². The van der Waals surface area contributed by atoms with Crippen molar-refractivity contribution < 1.29 is 31.3 Å². The van der Waals surface area contributed by atoms with Crippen LogP contribution in [0.15, 0.2) is 43.1 Å². The molecule has 5 atom stereocenters. The van der Waals surface area contributed by atoms with Crippen LogP contribution >= 0.6 is 0 Å². The average Bonchev–Trinajstić information content (AvgIpc) is 2.80. The number of quaternary nitrogens is 1. The van der Waals surface area contributed by atoms with Crippen molar-refractivity contribution in [2.75, 3.05) is 26.7 Å². The average molecular weight is 489 g/mol. The topological polar surface area (TPSA) is 42.4 Å². The molecule has 1 aromatic carbocycles. The molecule has 0 spiro atoms. The Morgan fingerprint density at radius 3 is 2.87 bits per heavy atom. The molecular formula is C26H37BrN2O2. The molecular weight excluding hydrogens is 452 g/mol. The van der Waals surface area contributed by atoms with Gasteiger partial charge in [-0.25, -0.2) is 0 Å². The van der Waals surface area contributed by atoms with Crippen molar-refractivity contribution >= 4 is 10.9 Å². The van der Waals surface area contributed by atoms with Crippen LogP contribution in [0.3, 0.4) is 0 Å². The van der Waals surface area contributed by atoms with Crippen LogP contribution in [0.1, 0.15) is 57.1 Å². The van der Waals surface area contributed by atoms with E-state index in [2.05, 4.69) is 24.6 Å². The standard InChI is InChI=1S/C26H37N2O2.BrH/c1-4-6-7-8-14-28-15-12-20(19(5-2)18-28)16-25(28)26(29)22-11-13-27-24-10-9-21(30-3)17-23(22)24;/h5,9-11,13,17,19-20,25-26,29H,2,4,6-8,12,14-16,18H2,1,3H3;1H/q+1;/p-1/t19?,20?,25-,26+,28?;/m1./s1. The van der Waals surface area contributed by atoms with E-state index in [9.17, 15) is 5.11 Å². The molecule has 2 aromatic rings. The van der Waals surface area contributed by atoms with Crippen LogP contribution in [-0.2, 0) is 0 Å². The van der Waals surface area contributed by atoms with Crippen LogP contribution in [0.5, 0.6) is 5.75 Å². The number of nitrogens with zero attached hydrogens (tertiary/aromatic N) is 2. The second-order valence-corrected chi connectivity index (χ2v) is 9.39. The van der Waals surface area contributed by atoms with Gasteiger partial charge in [0.25, 0.3) is 0 Å². The summed E-state index contributed by atoms with van der Waals surface area (Å²) in [7, 11) is 1.69. The van der Waals surface area contributed by atoms with E-state index in [1.54, 1.807) is 7.11 Å². The first-order chi connectivity index (χ1) is 14.6. The number of hydrogen-bond acceptors (Lipinski definition) is 3. The maximum atomic E-state index is 11.7. The smallest absolute Gasteiger partial charge is 0.131 e. The number of aliphatic hydroxyl groups is 1. The number of ether oxygens (including phenoxy) is 1. The normalized spacial score (nSPS) is 28.2. The fourth-order valence-electron chi connectivity index (χ4n) is 6.08. The molecule has 2 bridgehead atoms. The third kappa shape index (κ3) is 4.69. The summed E-state index contributed by atoms with van der Waals surface area (Å²) in [6, 6.07) is 8.21. The lowest BCUT2D eigenvalue weighted by Gasteiger charge is -2.58. The minimum Gasteiger partial charge on any atom is -1.00 e. The second-order valence-electron chi connectivity index (χ2n) is 9.39. The quantitative estimate of drug-likeness (QED) is 0.334. The molecule has 1 aromatic heterocycles. The Kier molecular flexibility index (Phi) is 8.17. The number of methoxy groups -OCH3 is 1. The number of aromatic nitrogens is 1. The molecule has 0 amide bonds. The van der Waals surface area contributed by atoms with E-state index in [4.69, 9.17) is 4.74 Å². The van der Waals surface area contributed by atoms with Gasteiger partial charge >= 0.3 is 0 Å². The van der Waals surface area contributed by atoms with E-state index in [0.717, 1.165) is 39.7 Å². The highest BCUT2D eigenvalue weighted by Crippen LogP contribution is 2.47. The van der Waals surface area contributed by atoms with Crippen molar-refractivity contribution in [1.29, 1.82) is 0 Å². The van der Waals surface area contributed by atoms with Crippen LogP contribution in [0.2, 0.25) is 0 Å². The van der Waals surface area contributed by atoms with Gasteiger partial charge in [0.1, 0.15) is 17.9 Å². The largest absolute Gasteiger partial charge is 1.00 e. The third-order valence-corrected chi connectivity index (χ3v) is 7.80. The highest BCUT2D eigenvalue weighted by Gasteiger charge is 2.53. The number of aliphatic hydroxyl groups excluding tert-OH is 1. The maximum Gasteiger partial charge on any atom is 0.131 e. The van der Waals surface area contributed by atoms with Gasteiger partial charge in [-0.05, 0) is 48.6 Å². The van der Waals surface area contributed by atoms with Crippen molar-refractivity contribution in [3.8, 4) is 5.75 Å². The van der Waals surface area contributed by atoms with Crippen LogP contribution < -0.4 is 21.7 Å². The van der Waals surface area contributed by atoms with Gasteiger partial charge in [-0.15, -0.1) is 6.58 Å². The molecule has 3 unspecified atom stereocenters. The molecule has 0 radical (unpaired) electrons. The zero-order valence-electron chi connectivity index (χ0n) is 19.0. The van der Waals surface area contributed by atoms with Crippen molar-refractivity contribution in [3.63, 3.8) is 0 Å². The number of hydrogen-bond donors (Lipinski definition) is 1. The lowest BCUT2D eigenvalue weighted by atomic mass is 9.71. The Labute approximate surface area is 197 Å². The van der Waals surface area contributed by atoms with E-state index in [1.807, 2.05) is 30.5 Å². The van der Waals surface area contributed by atoms with Crippen LogP contribution in [0.4, 0.5) is 0 Å². The highest BCUT2D eigenvalue weighted by molar-refractivity contribution is 5.83. The van der Waals surface area contributed by atoms with Crippen molar-refractivity contribution in [2.24, 2.45) is 11.8 Å². The summed E-state index contributed by atoms with van der Waals surface area (Å²) >= 11 is 0. The van der Waals surface area contributed by atoms with E-state index in [0.29, 0.717) is 11.8 Å². The maximum absolute atomic E-state index is 11.7. The van der Waals surface area contributed by atoms with Crippen molar-refractivity contribution in [3.05, 3.63) is 48.7 Å². The minimum absolute atomic E-state index is 0. The molecule has 4 nitrogen and oxygen atoms in total. The Morgan fingerprint density at radius 1 is 1.29 bits per heavy atom. The lowest BCUT2D eigenvalue weighted by molar-refractivity contribution is -0.973. The zero-order valence-corrected chi connectivity index (χ0v) is 20.6. The summed E-state index contributed by atoms with van der Waals surface area (Å²) in [6.07, 6.45) is 11.0. The summed E-state index contributed by atoms with van der Waals surface area (Å²) in [5.41, 5.74) is 1.92. The molecule has 1 N–H and O–H groups in total. The molecule has 3 saturated heterocycles. The molecule has 0 saturated carbocycles. The second kappa shape index (κ2) is 10.5. The van der Waals surface area contributed by atoms with E-state index in [-0.39, 0.29) is 23.0 Å². The molecule has 170 valence electrons. The van der Waals surface area contributed by atoms with E-state index < -0.39 is 6.10 Å². The van der Waals surface area contributed by atoms with Gasteiger partial charge < -0.3 is 31.3 Å². The molecule has 3 aliphatic rings. The van der Waals surface area contributed by atoms with Gasteiger partial charge in [-0.3, -0.25) is 4.98 Å². The summed E-state index contributed by atoms with van der Waals surface area (Å²) in [5, 5.41) is 12.8. The predicted molar refractivity (Wildman–Crippen MR) is 122 cm³/mol. The first-order valence-electron chi connectivity index (χ1n) is 11.7. The fourth-order valence-corrected chi connectivity index (χ4v) is 6.08. The first-order valence-corrected chi connectivity index (χ1v) is 11.7. The van der Waals surface area contributed by atoms with Gasteiger partial charge in [-0.1, -0.05) is 25.8 Å². The molecule has 3 aliphatic heterocycles. The lowest BCUT2D eigenvalue weighted by Crippen LogP contribution is -3.00. The summed E-state index contributed by atoms with van der Waals surface area (Å²) < 4.78 is 6.50. The number of halogens is 1. The Hall–Kier alpha value is -1.43. The zero-order chi connectivity index (χ0) is 21.1. The first kappa shape index (κ1) is 24.2. The Morgan fingerprint density at radius 2 is 2.13 bits per heavy atom. The molecule has 5 rings (SSSR count). The van der Waals surface area contributed by atoms with Crippen molar-refractivity contribution in [2.45, 2.75) is 57.6 Å². The van der Waals surface area contributed by atoms with Crippen LogP contribution in [0, 0.1) is 11.8 Å². The number of fused-ring (bicyclic) bond motifs is 4. The SMILES string of the molecule is C=CC1C[N+]2(CCCCCC)CCC1C[C@@H]2[C@@H](O)c1ccnc2ccc(OC)cc12.[Br-]. The number of piperidine rings is 3. The van der Waals surface area contributed by atoms with Crippen LogP contribution in [-0.4, -0.2) is 47.4 Å². The third-order valence-electron chi connectivity index (χ3n) is 7.80. The molecule has 4 heterocycles. The Balaban J connectivity index is 0.00000272. The Bertz CT molecular complexity index is 889. The summed E-state index contributed by atoms with van der Waals surface area (Å²) in [6.45, 7) is 9.90. The van der Waals surface area contributed by atoms with Gasteiger partial charge in [0.05, 0.1) is 32.3 Å². The predicted octanol–water partition coefficient (Wildman–Crippen LogP) is 2.27. The number of unbranched alkanes of at least 4 members (excludes halogenated alkanes) is 3. The van der Waals surface area contributed by atoms with Gasteiger partial charge in [0, 0.05) is 30.3 Å². The van der Waals surface area contributed by atoms with Gasteiger partial charge in [-0.2, -0.15) is 0 Å². The fraction of sp³-hybridized carbons (Fsp3) is 0.577. The van der Waals surface area contributed by atoms with Crippen LogP contribution in [0.25, 0.3) is 10.9 Å². The summed E-state index contributed by atoms with van der Waals surface area (Å²) in [4.78, 5) is 4.52. The number of pyridine rings is 1. The molecule has 5 heteroatoms. The monoisotopic (exact) mass is 488 g/mol. The number of benzene rings is 1. The minimum atomic E-state index is -0.484. The number of rotatable bonds is 9. The van der Waals surface area contributed by atoms with E-state index in [1.165, 1.54) is 45.2 Å².